The van der Waals surface area contributed by atoms with Crippen LogP contribution in [-0.4, -0.2) is 11.6 Å². The summed E-state index contributed by atoms with van der Waals surface area (Å²) in [5, 5.41) is 0. The molecule has 4 nitrogen and oxygen atoms in total. The van der Waals surface area contributed by atoms with Gasteiger partial charge in [-0.05, 0) is 6.42 Å². The van der Waals surface area contributed by atoms with Gasteiger partial charge < -0.3 is 9.25 Å². The highest BCUT2D eigenvalue weighted by Gasteiger charge is 2.19. The summed E-state index contributed by atoms with van der Waals surface area (Å²) in [6, 6.07) is 0.215. The zero-order valence-corrected chi connectivity index (χ0v) is 7.56. The van der Waals surface area contributed by atoms with Crippen LogP contribution in [0.4, 0.5) is 0 Å². The second-order valence-corrected chi connectivity index (χ2v) is 2.60. The fourth-order valence-corrected chi connectivity index (χ4v) is 1.14. The number of aryl methyl sites for hydroxylation is 1. The molecule has 5 heteroatoms. The quantitative estimate of drug-likeness (QED) is 0.727. The molecule has 12 heavy (non-hydrogen) atoms. The average Bonchev–Trinajstić information content (AvgIpc) is 2.55. The first-order valence-corrected chi connectivity index (χ1v) is 3.65. The fourth-order valence-electron chi connectivity index (χ4n) is 1.14. The van der Waals surface area contributed by atoms with Gasteiger partial charge >= 0.3 is 0 Å². The van der Waals surface area contributed by atoms with E-state index in [1.807, 2.05) is 6.92 Å². The van der Waals surface area contributed by atoms with E-state index in [1.165, 1.54) is 0 Å². The van der Waals surface area contributed by atoms with E-state index < -0.39 is 0 Å². The molecule has 1 aliphatic heterocycles. The summed E-state index contributed by atoms with van der Waals surface area (Å²) in [5.41, 5.74) is 3.79. The second-order valence-electron chi connectivity index (χ2n) is 2.60. The van der Waals surface area contributed by atoms with Crippen molar-refractivity contribution in [2.24, 2.45) is 0 Å². The Labute approximate surface area is 76.7 Å². The molecule has 0 bridgehead atoms. The van der Waals surface area contributed by atoms with E-state index in [9.17, 15) is 0 Å². The molecule has 0 aliphatic carbocycles. The first kappa shape index (κ1) is 9.51. The van der Waals surface area contributed by atoms with E-state index in [-0.39, 0.29) is 18.4 Å². The molecule has 2 heterocycles. The van der Waals surface area contributed by atoms with Gasteiger partial charge in [0.2, 0.25) is 0 Å². The summed E-state index contributed by atoms with van der Waals surface area (Å²) in [4.78, 5) is 9.17. The van der Waals surface area contributed by atoms with Gasteiger partial charge in [-0.1, -0.05) is 0 Å². The van der Waals surface area contributed by atoms with E-state index >= 15 is 0 Å². The molecule has 1 aromatic heterocycles. The van der Waals surface area contributed by atoms with Crippen LogP contribution in [0.3, 0.4) is 0 Å². The molecule has 68 valence electrons. The van der Waals surface area contributed by atoms with Gasteiger partial charge in [-0.25, -0.2) is 4.98 Å². The van der Waals surface area contributed by atoms with Crippen molar-refractivity contribution in [2.75, 3.05) is 6.61 Å². The monoisotopic (exact) mass is 190 g/mol. The van der Waals surface area contributed by atoms with Crippen molar-refractivity contribution in [2.45, 2.75) is 19.4 Å². The highest BCUT2D eigenvalue weighted by molar-refractivity contribution is 5.85. The van der Waals surface area contributed by atoms with Gasteiger partial charge in [0.1, 0.15) is 6.26 Å². The number of nitrogens with one attached hydrogen (secondary N) is 1. The molecule has 2 rings (SSSR count). The summed E-state index contributed by atoms with van der Waals surface area (Å²) in [7, 11) is 0. The predicted molar refractivity (Wildman–Crippen MR) is 44.9 cm³/mol. The molecule has 1 saturated heterocycles. The van der Waals surface area contributed by atoms with Crippen molar-refractivity contribution >= 4 is 12.4 Å². The fraction of sp³-hybridized carbons (Fsp3) is 0.571. The number of aromatic nitrogens is 1. The Bertz CT molecular complexity index is 245. The van der Waals surface area contributed by atoms with Crippen molar-refractivity contribution < 1.29 is 9.25 Å². The third kappa shape index (κ3) is 1.77. The third-order valence-electron chi connectivity index (χ3n) is 1.73. The summed E-state index contributed by atoms with van der Waals surface area (Å²) in [6.45, 7) is 2.58. The summed E-state index contributed by atoms with van der Waals surface area (Å²) < 4.78 is 5.07. The molecule has 1 atom stereocenters. The minimum absolute atomic E-state index is 0. The number of hydrogen-bond donors (Lipinski definition) is 1. The van der Waals surface area contributed by atoms with Crippen molar-refractivity contribution in [1.29, 1.82) is 0 Å². The van der Waals surface area contributed by atoms with E-state index in [0.29, 0.717) is 5.89 Å². The lowest BCUT2D eigenvalue weighted by Crippen LogP contribution is -2.11. The lowest BCUT2D eigenvalue weighted by atomic mass is 10.2. The zero-order chi connectivity index (χ0) is 7.68. The lowest BCUT2D eigenvalue weighted by Gasteiger charge is -2.00. The Balaban J connectivity index is 0.000000720. The number of nitrogens with zero attached hydrogens (tertiary/aromatic N) is 1. The van der Waals surface area contributed by atoms with Crippen LogP contribution in [0.1, 0.15) is 24.0 Å². The van der Waals surface area contributed by atoms with Crippen LogP contribution in [-0.2, 0) is 4.84 Å². The molecule has 0 spiro atoms. The molecular weight excluding hydrogens is 180 g/mol. The molecule has 0 radical (unpaired) electrons. The van der Waals surface area contributed by atoms with Crippen LogP contribution >= 0.6 is 12.4 Å². The predicted octanol–water partition coefficient (Wildman–Crippen LogP) is 1.37. The summed E-state index contributed by atoms with van der Waals surface area (Å²) >= 11 is 0. The Hall–Kier alpha value is -0.580. The van der Waals surface area contributed by atoms with E-state index in [0.717, 1.165) is 18.7 Å². The van der Waals surface area contributed by atoms with Gasteiger partial charge in [-0.2, -0.15) is 5.48 Å². The zero-order valence-electron chi connectivity index (χ0n) is 6.74. The highest BCUT2D eigenvalue weighted by Crippen LogP contribution is 2.19. The second kappa shape index (κ2) is 3.89. The van der Waals surface area contributed by atoms with Crippen LogP contribution < -0.4 is 5.48 Å². The molecule has 1 aliphatic rings. The smallest absolute Gasteiger partial charge is 0.191 e. The van der Waals surface area contributed by atoms with E-state index in [4.69, 9.17) is 9.25 Å². The molecule has 0 amide bonds. The van der Waals surface area contributed by atoms with Gasteiger partial charge in [-0.15, -0.1) is 12.4 Å². The molecule has 1 N–H and O–H groups in total. The van der Waals surface area contributed by atoms with Gasteiger partial charge in [-0.3, -0.25) is 0 Å². The molecule has 1 aromatic rings. The van der Waals surface area contributed by atoms with E-state index in [2.05, 4.69) is 10.5 Å². The maximum absolute atomic E-state index is 5.07. The maximum atomic E-state index is 5.07. The van der Waals surface area contributed by atoms with Crippen LogP contribution in [0.25, 0.3) is 0 Å². The number of oxazole rings is 1. The average molecular weight is 191 g/mol. The Morgan fingerprint density at radius 1 is 1.67 bits per heavy atom. The normalized spacial score (nSPS) is 22.2. The number of hydrogen-bond acceptors (Lipinski definition) is 4. The molecule has 0 unspecified atom stereocenters. The van der Waals surface area contributed by atoms with Crippen LogP contribution in [0.2, 0.25) is 0 Å². The first-order chi connectivity index (χ1) is 5.36. The summed E-state index contributed by atoms with van der Waals surface area (Å²) in [6.07, 6.45) is 2.63. The van der Waals surface area contributed by atoms with Gasteiger partial charge in [0.25, 0.3) is 0 Å². The van der Waals surface area contributed by atoms with Crippen molar-refractivity contribution in [3.05, 3.63) is 17.8 Å². The number of halogens is 1. The molecule has 1 fully saturated rings. The topological polar surface area (TPSA) is 47.3 Å². The molecule has 0 saturated carbocycles. The molecule has 0 aromatic carbocycles. The van der Waals surface area contributed by atoms with Gasteiger partial charge in [0.05, 0.1) is 18.3 Å². The molecular formula is C7H11ClN2O2. The minimum atomic E-state index is 0. The van der Waals surface area contributed by atoms with Crippen molar-refractivity contribution in [3.63, 3.8) is 0 Å². The van der Waals surface area contributed by atoms with Crippen LogP contribution in [0.15, 0.2) is 10.7 Å². The Morgan fingerprint density at radius 3 is 3.00 bits per heavy atom. The Kier molecular flexibility index (Phi) is 3.08. The number of hydroxylamine groups is 1. The maximum Gasteiger partial charge on any atom is 0.191 e. The van der Waals surface area contributed by atoms with Gasteiger partial charge in [0.15, 0.2) is 5.89 Å². The standard InChI is InChI=1S/C7H10N2O2.ClH/c1-5-8-7(4-10-5)6-2-3-11-9-6;/h4,6,9H,2-3H2,1H3;1H/t6-;/m0./s1. The third-order valence-corrected chi connectivity index (χ3v) is 1.73. The first-order valence-electron chi connectivity index (χ1n) is 3.65. The highest BCUT2D eigenvalue weighted by atomic mass is 35.5. The summed E-state index contributed by atoms with van der Waals surface area (Å²) in [5.74, 6) is 0.703. The van der Waals surface area contributed by atoms with Crippen LogP contribution in [0, 0.1) is 6.92 Å². The van der Waals surface area contributed by atoms with E-state index in [1.54, 1.807) is 6.26 Å². The number of rotatable bonds is 1. The minimum Gasteiger partial charge on any atom is -0.449 e. The van der Waals surface area contributed by atoms with Crippen molar-refractivity contribution in [1.82, 2.24) is 10.5 Å². The van der Waals surface area contributed by atoms with Crippen molar-refractivity contribution in [3.8, 4) is 0 Å². The van der Waals surface area contributed by atoms with Crippen LogP contribution in [0.5, 0.6) is 0 Å². The largest absolute Gasteiger partial charge is 0.449 e. The van der Waals surface area contributed by atoms with Gasteiger partial charge in [0, 0.05) is 6.92 Å². The Morgan fingerprint density at radius 2 is 2.50 bits per heavy atom. The SMILES string of the molecule is Cc1nc([C@@H]2CCON2)co1.Cl. The lowest BCUT2D eigenvalue weighted by molar-refractivity contribution is 0.0876.